The Labute approximate surface area is 160 Å². The first-order valence-corrected chi connectivity index (χ1v) is 9.66. The van der Waals surface area contributed by atoms with Gasteiger partial charge in [-0.15, -0.1) is 0 Å². The number of carbonyl (C=O) groups is 1. The van der Waals surface area contributed by atoms with Crippen LogP contribution in [0.3, 0.4) is 0 Å². The van der Waals surface area contributed by atoms with Gasteiger partial charge in [-0.05, 0) is 49.1 Å². The van der Waals surface area contributed by atoms with E-state index < -0.39 is 11.5 Å². The summed E-state index contributed by atoms with van der Waals surface area (Å²) in [6.07, 6.45) is 1.79. The summed E-state index contributed by atoms with van der Waals surface area (Å²) in [5.41, 5.74) is 0.533. The van der Waals surface area contributed by atoms with Crippen molar-refractivity contribution in [2.24, 2.45) is 5.41 Å². The molecule has 1 spiro atoms. The predicted octanol–water partition coefficient (Wildman–Crippen LogP) is 2.94. The summed E-state index contributed by atoms with van der Waals surface area (Å²) >= 11 is 0. The summed E-state index contributed by atoms with van der Waals surface area (Å²) in [7, 11) is 0. The molecule has 27 heavy (non-hydrogen) atoms. The van der Waals surface area contributed by atoms with Gasteiger partial charge in [-0.2, -0.15) is 0 Å². The fourth-order valence-electron chi connectivity index (χ4n) is 4.21. The lowest BCUT2D eigenvalue weighted by Gasteiger charge is -2.47. The molecule has 4 rings (SSSR count). The minimum Gasteiger partial charge on any atom is -0.457 e. The SMILES string of the molecule is O=C1NCCC[C@]12CN(Cc1ccc(Oc3ccccc3)cc1)CC[C@H]2O. The fraction of sp³-hybridized carbons (Fsp3) is 0.409. The molecule has 0 aliphatic carbocycles. The molecule has 2 saturated heterocycles. The van der Waals surface area contributed by atoms with Gasteiger partial charge in [-0.3, -0.25) is 9.69 Å². The van der Waals surface area contributed by atoms with E-state index in [0.717, 1.165) is 44.0 Å². The van der Waals surface area contributed by atoms with E-state index in [0.29, 0.717) is 13.0 Å². The lowest BCUT2D eigenvalue weighted by molar-refractivity contribution is -0.149. The average Bonchev–Trinajstić information content (AvgIpc) is 2.69. The maximum Gasteiger partial charge on any atom is 0.230 e. The molecule has 2 aliphatic heterocycles. The highest BCUT2D eigenvalue weighted by atomic mass is 16.5. The van der Waals surface area contributed by atoms with Gasteiger partial charge in [-0.1, -0.05) is 30.3 Å². The zero-order chi connectivity index (χ0) is 18.7. The summed E-state index contributed by atoms with van der Waals surface area (Å²) in [6.45, 7) is 2.91. The Balaban J connectivity index is 1.41. The first kappa shape index (κ1) is 18.0. The molecule has 2 heterocycles. The van der Waals surface area contributed by atoms with Crippen LogP contribution in [0.2, 0.25) is 0 Å². The molecule has 5 heteroatoms. The second-order valence-electron chi connectivity index (χ2n) is 7.59. The van der Waals surface area contributed by atoms with Crippen LogP contribution in [0.15, 0.2) is 54.6 Å². The van der Waals surface area contributed by atoms with E-state index in [-0.39, 0.29) is 5.91 Å². The molecule has 142 valence electrons. The Morgan fingerprint density at radius 2 is 1.85 bits per heavy atom. The number of hydrogen-bond donors (Lipinski definition) is 2. The number of amides is 1. The average molecular weight is 366 g/mol. The van der Waals surface area contributed by atoms with Gasteiger partial charge in [0.1, 0.15) is 11.5 Å². The molecule has 2 aromatic rings. The highest BCUT2D eigenvalue weighted by Crippen LogP contribution is 2.37. The van der Waals surface area contributed by atoms with Crippen molar-refractivity contribution in [3.8, 4) is 11.5 Å². The van der Waals surface area contributed by atoms with Crippen LogP contribution in [0.1, 0.15) is 24.8 Å². The van der Waals surface area contributed by atoms with Crippen molar-refractivity contribution in [1.29, 1.82) is 0 Å². The van der Waals surface area contributed by atoms with Crippen LogP contribution in [0.5, 0.6) is 11.5 Å². The molecule has 0 saturated carbocycles. The highest BCUT2D eigenvalue weighted by molar-refractivity contribution is 5.84. The molecular weight excluding hydrogens is 340 g/mol. The predicted molar refractivity (Wildman–Crippen MR) is 104 cm³/mol. The molecule has 2 atom stereocenters. The van der Waals surface area contributed by atoms with Crippen molar-refractivity contribution in [2.75, 3.05) is 19.6 Å². The fourth-order valence-corrected chi connectivity index (χ4v) is 4.21. The van der Waals surface area contributed by atoms with Gasteiger partial charge >= 0.3 is 0 Å². The Kier molecular flexibility index (Phi) is 5.14. The number of hydrogen-bond acceptors (Lipinski definition) is 4. The maximum absolute atomic E-state index is 12.5. The summed E-state index contributed by atoms with van der Waals surface area (Å²) in [5, 5.41) is 13.5. The number of nitrogens with one attached hydrogen (secondary N) is 1. The van der Waals surface area contributed by atoms with Crippen LogP contribution in [0, 0.1) is 5.41 Å². The smallest absolute Gasteiger partial charge is 0.230 e. The van der Waals surface area contributed by atoms with E-state index in [2.05, 4.69) is 22.3 Å². The number of benzene rings is 2. The molecule has 2 aliphatic rings. The van der Waals surface area contributed by atoms with Gasteiger partial charge in [-0.25, -0.2) is 0 Å². The van der Waals surface area contributed by atoms with Crippen molar-refractivity contribution in [1.82, 2.24) is 10.2 Å². The number of carbonyl (C=O) groups excluding carboxylic acids is 1. The number of likely N-dealkylation sites (tertiary alicyclic amines) is 1. The summed E-state index contributed by atoms with van der Waals surface area (Å²) in [5.74, 6) is 1.64. The Morgan fingerprint density at radius 1 is 1.11 bits per heavy atom. The van der Waals surface area contributed by atoms with E-state index >= 15 is 0 Å². The van der Waals surface area contributed by atoms with Crippen molar-refractivity contribution < 1.29 is 14.6 Å². The molecule has 2 N–H and O–H groups in total. The van der Waals surface area contributed by atoms with Crippen LogP contribution in [-0.2, 0) is 11.3 Å². The van der Waals surface area contributed by atoms with Crippen LogP contribution < -0.4 is 10.1 Å². The van der Waals surface area contributed by atoms with E-state index in [1.807, 2.05) is 42.5 Å². The third-order valence-corrected chi connectivity index (χ3v) is 5.71. The molecule has 2 aromatic carbocycles. The molecule has 1 amide bonds. The maximum atomic E-state index is 12.5. The van der Waals surface area contributed by atoms with Gasteiger partial charge in [0.15, 0.2) is 0 Å². The van der Waals surface area contributed by atoms with Gasteiger partial charge < -0.3 is 15.2 Å². The third-order valence-electron chi connectivity index (χ3n) is 5.71. The largest absolute Gasteiger partial charge is 0.457 e. The van der Waals surface area contributed by atoms with Crippen molar-refractivity contribution in [3.05, 3.63) is 60.2 Å². The minimum atomic E-state index is -0.646. The number of ether oxygens (including phenoxy) is 1. The lowest BCUT2D eigenvalue weighted by atomic mass is 9.71. The number of aliphatic hydroxyl groups excluding tert-OH is 1. The van der Waals surface area contributed by atoms with Gasteiger partial charge in [0.05, 0.1) is 11.5 Å². The molecule has 0 bridgehead atoms. The first-order chi connectivity index (χ1) is 13.2. The Bertz CT molecular complexity index is 778. The summed E-state index contributed by atoms with van der Waals surface area (Å²) in [6, 6.07) is 17.8. The zero-order valence-electron chi connectivity index (χ0n) is 15.4. The molecule has 5 nitrogen and oxygen atoms in total. The quantitative estimate of drug-likeness (QED) is 0.873. The van der Waals surface area contributed by atoms with Crippen molar-refractivity contribution >= 4 is 5.91 Å². The number of rotatable bonds is 4. The Morgan fingerprint density at radius 3 is 2.59 bits per heavy atom. The molecular formula is C22H26N2O3. The zero-order valence-corrected chi connectivity index (χ0v) is 15.4. The number of para-hydroxylation sites is 1. The van der Waals surface area contributed by atoms with Gasteiger partial charge in [0, 0.05) is 26.2 Å². The second-order valence-corrected chi connectivity index (χ2v) is 7.59. The number of aliphatic hydroxyl groups is 1. The third kappa shape index (κ3) is 3.84. The Hall–Kier alpha value is -2.37. The van der Waals surface area contributed by atoms with E-state index in [9.17, 15) is 9.90 Å². The molecule has 0 radical (unpaired) electrons. The standard InChI is InChI=1S/C22H26N2O3/c25-20-11-14-24(16-22(20)12-4-13-23-21(22)26)15-17-7-9-19(10-8-17)27-18-5-2-1-3-6-18/h1-3,5-10,20,25H,4,11-16H2,(H,23,26)/t20-,22-/m1/s1. The van der Waals surface area contributed by atoms with Crippen LogP contribution in [0.4, 0.5) is 0 Å². The minimum absolute atomic E-state index is 0.0116. The normalized spacial score (nSPS) is 26.0. The molecule has 2 fully saturated rings. The summed E-state index contributed by atoms with van der Waals surface area (Å²) in [4.78, 5) is 14.8. The van der Waals surface area contributed by atoms with Gasteiger partial charge in [0.25, 0.3) is 0 Å². The van der Waals surface area contributed by atoms with Crippen LogP contribution in [0.25, 0.3) is 0 Å². The molecule has 0 aromatic heterocycles. The number of piperidine rings is 2. The molecule has 0 unspecified atom stereocenters. The topological polar surface area (TPSA) is 61.8 Å². The monoisotopic (exact) mass is 366 g/mol. The van der Waals surface area contributed by atoms with Crippen molar-refractivity contribution in [2.45, 2.75) is 31.9 Å². The van der Waals surface area contributed by atoms with Crippen LogP contribution >= 0.6 is 0 Å². The van der Waals surface area contributed by atoms with Crippen molar-refractivity contribution in [3.63, 3.8) is 0 Å². The van der Waals surface area contributed by atoms with E-state index in [1.54, 1.807) is 0 Å². The van der Waals surface area contributed by atoms with Crippen LogP contribution in [-0.4, -0.2) is 41.7 Å². The first-order valence-electron chi connectivity index (χ1n) is 9.66. The summed E-state index contributed by atoms with van der Waals surface area (Å²) < 4.78 is 5.84. The van der Waals surface area contributed by atoms with Gasteiger partial charge in [0.2, 0.25) is 5.91 Å². The second kappa shape index (κ2) is 7.71. The highest BCUT2D eigenvalue weighted by Gasteiger charge is 2.49. The lowest BCUT2D eigenvalue weighted by Crippen LogP contribution is -2.61. The van der Waals surface area contributed by atoms with E-state index in [1.165, 1.54) is 5.56 Å². The number of nitrogens with zero attached hydrogens (tertiary/aromatic N) is 1. The van der Waals surface area contributed by atoms with E-state index in [4.69, 9.17) is 4.74 Å².